The maximum atomic E-state index is 13.1. The fourth-order valence-electron chi connectivity index (χ4n) is 4.35. The van der Waals surface area contributed by atoms with Crippen LogP contribution in [-0.4, -0.2) is 62.2 Å². The van der Waals surface area contributed by atoms with Crippen LogP contribution in [0.5, 0.6) is 5.75 Å². The van der Waals surface area contributed by atoms with Gasteiger partial charge in [0.05, 0.1) is 12.8 Å². The molecule has 0 radical (unpaired) electrons. The largest absolute Gasteiger partial charge is 0.495 e. The van der Waals surface area contributed by atoms with Crippen LogP contribution in [0.3, 0.4) is 0 Å². The molecule has 1 aromatic heterocycles. The molecule has 154 valence electrons. The number of carbonyl (C=O) groups excluding carboxylic acids is 1. The Morgan fingerprint density at radius 2 is 1.86 bits per heavy atom. The molecule has 0 saturated carbocycles. The number of piperazine rings is 1. The number of hydrogen-bond donors (Lipinski definition) is 0. The van der Waals surface area contributed by atoms with E-state index in [1.54, 1.807) is 13.3 Å². The summed E-state index contributed by atoms with van der Waals surface area (Å²) < 4.78 is 5.49. The van der Waals surface area contributed by atoms with E-state index in [-0.39, 0.29) is 5.91 Å². The number of ether oxygens (including phenoxy) is 1. The van der Waals surface area contributed by atoms with E-state index in [1.165, 1.54) is 12.8 Å². The molecule has 2 aromatic rings. The van der Waals surface area contributed by atoms with Gasteiger partial charge in [0, 0.05) is 51.0 Å². The van der Waals surface area contributed by atoms with E-state index in [1.807, 2.05) is 35.2 Å². The highest BCUT2D eigenvalue weighted by atomic mass is 16.5. The molecule has 1 amide bonds. The van der Waals surface area contributed by atoms with Crippen molar-refractivity contribution in [1.82, 2.24) is 9.88 Å². The maximum Gasteiger partial charge on any atom is 0.254 e. The second-order valence-corrected chi connectivity index (χ2v) is 8.05. The van der Waals surface area contributed by atoms with Gasteiger partial charge in [0.2, 0.25) is 0 Å². The third kappa shape index (κ3) is 4.31. The third-order valence-electron chi connectivity index (χ3n) is 5.97. The van der Waals surface area contributed by atoms with Crippen LogP contribution >= 0.6 is 0 Å². The number of methoxy groups -OCH3 is 1. The summed E-state index contributed by atoms with van der Waals surface area (Å²) in [6.07, 6.45) is 4.23. The molecule has 2 saturated heterocycles. The highest BCUT2D eigenvalue weighted by Gasteiger charge is 2.25. The monoisotopic (exact) mass is 394 g/mol. The standard InChI is InChI=1S/C23H30N4O2/c1-18-6-5-11-27(17-18)22-16-19(9-10-24-22)23(28)26-14-12-25(13-15-26)20-7-3-4-8-21(20)29-2/h3-4,7-10,16,18H,5-6,11-15,17H2,1-2H3. The second kappa shape index (κ2) is 8.72. The quantitative estimate of drug-likeness (QED) is 0.796. The van der Waals surface area contributed by atoms with Crippen molar-refractivity contribution in [1.29, 1.82) is 0 Å². The topological polar surface area (TPSA) is 48.9 Å². The summed E-state index contributed by atoms with van der Waals surface area (Å²) in [5.41, 5.74) is 1.83. The minimum atomic E-state index is 0.0957. The van der Waals surface area contributed by atoms with Gasteiger partial charge in [-0.25, -0.2) is 4.98 Å². The van der Waals surface area contributed by atoms with Crippen LogP contribution in [0.4, 0.5) is 11.5 Å². The third-order valence-corrected chi connectivity index (χ3v) is 5.97. The average molecular weight is 395 g/mol. The lowest BCUT2D eigenvalue weighted by molar-refractivity contribution is 0.0746. The number of rotatable bonds is 4. The van der Waals surface area contributed by atoms with Crippen LogP contribution in [0, 0.1) is 5.92 Å². The molecule has 3 heterocycles. The van der Waals surface area contributed by atoms with Crippen molar-refractivity contribution in [2.45, 2.75) is 19.8 Å². The Balaban J connectivity index is 1.41. The molecule has 1 atom stereocenters. The Kier molecular flexibility index (Phi) is 5.88. The maximum absolute atomic E-state index is 13.1. The van der Waals surface area contributed by atoms with Crippen molar-refractivity contribution in [3.8, 4) is 5.75 Å². The molecular formula is C23H30N4O2. The summed E-state index contributed by atoms with van der Waals surface area (Å²) in [5, 5.41) is 0. The van der Waals surface area contributed by atoms with E-state index < -0.39 is 0 Å². The van der Waals surface area contributed by atoms with Gasteiger partial charge < -0.3 is 19.4 Å². The van der Waals surface area contributed by atoms with Gasteiger partial charge in [-0.3, -0.25) is 4.79 Å². The molecule has 0 spiro atoms. The van der Waals surface area contributed by atoms with Crippen molar-refractivity contribution >= 4 is 17.4 Å². The smallest absolute Gasteiger partial charge is 0.254 e. The van der Waals surface area contributed by atoms with Gasteiger partial charge in [-0.1, -0.05) is 19.1 Å². The lowest BCUT2D eigenvalue weighted by atomic mass is 10.0. The van der Waals surface area contributed by atoms with Crippen LogP contribution in [0.2, 0.25) is 0 Å². The van der Waals surface area contributed by atoms with Gasteiger partial charge >= 0.3 is 0 Å². The molecule has 1 aromatic carbocycles. The van der Waals surface area contributed by atoms with Crippen molar-refractivity contribution in [2.75, 3.05) is 56.2 Å². The Morgan fingerprint density at radius 3 is 2.62 bits per heavy atom. The van der Waals surface area contributed by atoms with Gasteiger partial charge in [0.1, 0.15) is 11.6 Å². The second-order valence-electron chi connectivity index (χ2n) is 8.05. The number of carbonyl (C=O) groups is 1. The molecule has 29 heavy (non-hydrogen) atoms. The number of pyridine rings is 1. The zero-order valence-corrected chi connectivity index (χ0v) is 17.4. The van der Waals surface area contributed by atoms with E-state index >= 15 is 0 Å². The predicted octanol–water partition coefficient (Wildman–Crippen LogP) is 3.29. The molecule has 1 unspecified atom stereocenters. The predicted molar refractivity (Wildman–Crippen MR) is 116 cm³/mol. The minimum absolute atomic E-state index is 0.0957. The summed E-state index contributed by atoms with van der Waals surface area (Å²) in [4.78, 5) is 24.2. The first-order valence-electron chi connectivity index (χ1n) is 10.5. The normalized spacial score (nSPS) is 19.9. The van der Waals surface area contributed by atoms with Crippen LogP contribution in [0.25, 0.3) is 0 Å². The Bertz CT molecular complexity index is 848. The number of benzene rings is 1. The van der Waals surface area contributed by atoms with Gasteiger partial charge in [0.25, 0.3) is 5.91 Å². The van der Waals surface area contributed by atoms with Crippen molar-refractivity contribution in [3.63, 3.8) is 0 Å². The van der Waals surface area contributed by atoms with Crippen LogP contribution in [0.15, 0.2) is 42.6 Å². The van der Waals surface area contributed by atoms with E-state index in [0.717, 1.165) is 49.0 Å². The molecule has 6 nitrogen and oxygen atoms in total. The van der Waals surface area contributed by atoms with E-state index in [0.29, 0.717) is 19.0 Å². The lowest BCUT2D eigenvalue weighted by Crippen LogP contribution is -2.49. The molecule has 2 fully saturated rings. The first-order valence-corrected chi connectivity index (χ1v) is 10.5. The Hall–Kier alpha value is -2.76. The van der Waals surface area contributed by atoms with E-state index in [9.17, 15) is 4.79 Å². The molecule has 0 N–H and O–H groups in total. The molecule has 0 aliphatic carbocycles. The highest BCUT2D eigenvalue weighted by Crippen LogP contribution is 2.29. The Labute approximate surface area is 173 Å². The van der Waals surface area contributed by atoms with E-state index in [2.05, 4.69) is 27.8 Å². The van der Waals surface area contributed by atoms with E-state index in [4.69, 9.17) is 4.74 Å². The number of anilines is 2. The lowest BCUT2D eigenvalue weighted by Gasteiger charge is -2.37. The summed E-state index contributed by atoms with van der Waals surface area (Å²) in [7, 11) is 1.70. The molecule has 4 rings (SSSR count). The fraction of sp³-hybridized carbons (Fsp3) is 0.478. The molecule has 2 aliphatic rings. The number of nitrogens with zero attached hydrogens (tertiary/aromatic N) is 4. The number of aromatic nitrogens is 1. The number of piperidine rings is 1. The fourth-order valence-corrected chi connectivity index (χ4v) is 4.35. The summed E-state index contributed by atoms with van der Waals surface area (Å²) in [6.45, 7) is 7.32. The first-order chi connectivity index (χ1) is 14.2. The van der Waals surface area contributed by atoms with Gasteiger partial charge in [0.15, 0.2) is 0 Å². The highest BCUT2D eigenvalue weighted by molar-refractivity contribution is 5.95. The molecule has 6 heteroatoms. The zero-order valence-electron chi connectivity index (χ0n) is 17.4. The van der Waals surface area contributed by atoms with Crippen LogP contribution in [0.1, 0.15) is 30.1 Å². The minimum Gasteiger partial charge on any atom is -0.495 e. The number of hydrogen-bond acceptors (Lipinski definition) is 5. The van der Waals surface area contributed by atoms with Crippen molar-refractivity contribution < 1.29 is 9.53 Å². The zero-order chi connectivity index (χ0) is 20.2. The summed E-state index contributed by atoms with van der Waals surface area (Å²) in [5.74, 6) is 2.57. The number of para-hydroxylation sites is 2. The van der Waals surface area contributed by atoms with Gasteiger partial charge in [-0.2, -0.15) is 0 Å². The average Bonchev–Trinajstić information content (AvgIpc) is 2.79. The van der Waals surface area contributed by atoms with Crippen LogP contribution in [-0.2, 0) is 0 Å². The summed E-state index contributed by atoms with van der Waals surface area (Å²) >= 11 is 0. The molecule has 2 aliphatic heterocycles. The summed E-state index contributed by atoms with van der Waals surface area (Å²) in [6, 6.07) is 11.9. The van der Waals surface area contributed by atoms with Gasteiger partial charge in [-0.15, -0.1) is 0 Å². The molecular weight excluding hydrogens is 364 g/mol. The SMILES string of the molecule is COc1ccccc1N1CCN(C(=O)c2ccnc(N3CCCC(C)C3)c2)CC1. The number of amides is 1. The Morgan fingerprint density at radius 1 is 1.07 bits per heavy atom. The first kappa shape index (κ1) is 19.6. The van der Waals surface area contributed by atoms with Gasteiger partial charge in [-0.05, 0) is 43.0 Å². The molecule has 0 bridgehead atoms. The van der Waals surface area contributed by atoms with Crippen molar-refractivity contribution in [3.05, 3.63) is 48.2 Å². The van der Waals surface area contributed by atoms with Crippen molar-refractivity contribution in [2.24, 2.45) is 5.92 Å². The van der Waals surface area contributed by atoms with Crippen LogP contribution < -0.4 is 14.5 Å².